The molecule has 1 fully saturated rings. The molecule has 1 saturated heterocycles. The van der Waals surface area contributed by atoms with Crippen molar-refractivity contribution < 1.29 is 4.39 Å². The van der Waals surface area contributed by atoms with E-state index in [4.69, 9.17) is 10.7 Å². The number of nitrogens with zero attached hydrogens (tertiary/aromatic N) is 4. The summed E-state index contributed by atoms with van der Waals surface area (Å²) < 4.78 is 15.8. The first kappa shape index (κ1) is 19.3. The highest BCUT2D eigenvalue weighted by atomic mass is 19.1. The SMILES string of the molecule is C.Cc1cnc2nc(N3CCCC(N)C3)n(Cc3ccc(F)c(C)c3)c2c1. The third-order valence-corrected chi connectivity index (χ3v) is 5.03. The Morgan fingerprint density at radius 1 is 1.26 bits per heavy atom. The summed E-state index contributed by atoms with van der Waals surface area (Å²) in [5.41, 5.74) is 10.7. The van der Waals surface area contributed by atoms with Crippen molar-refractivity contribution in [2.45, 2.75) is 46.7 Å². The van der Waals surface area contributed by atoms with Gasteiger partial charge in [-0.15, -0.1) is 0 Å². The molecule has 0 amide bonds. The first-order chi connectivity index (χ1) is 12.5. The molecular formula is C21H28FN5. The van der Waals surface area contributed by atoms with Crippen LogP contribution in [0.4, 0.5) is 10.3 Å². The summed E-state index contributed by atoms with van der Waals surface area (Å²) in [6, 6.07) is 7.54. The van der Waals surface area contributed by atoms with E-state index >= 15 is 0 Å². The van der Waals surface area contributed by atoms with Gasteiger partial charge in [0.2, 0.25) is 5.95 Å². The summed E-state index contributed by atoms with van der Waals surface area (Å²) >= 11 is 0. The number of fused-ring (bicyclic) bond motifs is 1. The van der Waals surface area contributed by atoms with E-state index < -0.39 is 0 Å². The third kappa shape index (κ3) is 3.81. The van der Waals surface area contributed by atoms with Gasteiger partial charge in [0.15, 0.2) is 5.65 Å². The summed E-state index contributed by atoms with van der Waals surface area (Å²) in [7, 11) is 0. The first-order valence-corrected chi connectivity index (χ1v) is 9.09. The quantitative estimate of drug-likeness (QED) is 0.763. The molecule has 5 nitrogen and oxygen atoms in total. The molecule has 27 heavy (non-hydrogen) atoms. The Morgan fingerprint density at radius 3 is 2.81 bits per heavy atom. The van der Waals surface area contributed by atoms with Crippen molar-refractivity contribution in [2.24, 2.45) is 5.73 Å². The van der Waals surface area contributed by atoms with Crippen LogP contribution in [0.15, 0.2) is 30.5 Å². The van der Waals surface area contributed by atoms with Crippen molar-refractivity contribution in [3.05, 3.63) is 53.0 Å². The second kappa shape index (κ2) is 7.64. The van der Waals surface area contributed by atoms with Gasteiger partial charge in [0.1, 0.15) is 5.82 Å². The van der Waals surface area contributed by atoms with E-state index in [9.17, 15) is 4.39 Å². The van der Waals surface area contributed by atoms with Gasteiger partial charge in [0.25, 0.3) is 0 Å². The number of piperidine rings is 1. The number of aromatic nitrogens is 3. The molecule has 1 aliphatic rings. The number of halogens is 1. The van der Waals surface area contributed by atoms with Crippen LogP contribution in [-0.2, 0) is 6.54 Å². The predicted molar refractivity (Wildman–Crippen MR) is 109 cm³/mol. The minimum Gasteiger partial charge on any atom is -0.341 e. The molecule has 0 aliphatic carbocycles. The standard InChI is InChI=1S/C20H24FN5.CH4/c1-13-8-18-19(23-10-13)24-20(25-7-3-4-16(22)12-25)26(18)11-15-5-6-17(21)14(2)9-15;/h5-6,8-10,16H,3-4,7,11-12,22H2,1-2H3;1H4. The Kier molecular flexibility index (Phi) is 5.46. The molecule has 0 spiro atoms. The van der Waals surface area contributed by atoms with E-state index in [1.165, 1.54) is 6.07 Å². The van der Waals surface area contributed by atoms with E-state index in [0.717, 1.165) is 54.2 Å². The molecule has 144 valence electrons. The molecular weight excluding hydrogens is 341 g/mol. The van der Waals surface area contributed by atoms with E-state index in [1.807, 2.05) is 25.3 Å². The largest absolute Gasteiger partial charge is 0.341 e. The normalized spacial score (nSPS) is 17.2. The second-order valence-corrected chi connectivity index (χ2v) is 7.29. The number of nitrogens with two attached hydrogens (primary N) is 1. The van der Waals surface area contributed by atoms with Gasteiger partial charge in [0, 0.05) is 25.3 Å². The van der Waals surface area contributed by atoms with Gasteiger partial charge in [-0.1, -0.05) is 19.6 Å². The smallest absolute Gasteiger partial charge is 0.208 e. The van der Waals surface area contributed by atoms with Crippen LogP contribution in [0.3, 0.4) is 0 Å². The maximum Gasteiger partial charge on any atom is 0.208 e. The van der Waals surface area contributed by atoms with Gasteiger partial charge < -0.3 is 15.2 Å². The second-order valence-electron chi connectivity index (χ2n) is 7.29. The van der Waals surface area contributed by atoms with Crippen LogP contribution in [-0.4, -0.2) is 33.7 Å². The highest BCUT2D eigenvalue weighted by Crippen LogP contribution is 2.26. The summed E-state index contributed by atoms with van der Waals surface area (Å²) in [5.74, 6) is 0.721. The van der Waals surface area contributed by atoms with Gasteiger partial charge in [-0.25, -0.2) is 9.37 Å². The molecule has 3 aromatic rings. The summed E-state index contributed by atoms with van der Waals surface area (Å²) in [5, 5.41) is 0. The van der Waals surface area contributed by atoms with Crippen LogP contribution < -0.4 is 10.6 Å². The Morgan fingerprint density at radius 2 is 2.07 bits per heavy atom. The lowest BCUT2D eigenvalue weighted by atomic mass is 10.1. The van der Waals surface area contributed by atoms with Crippen molar-refractivity contribution in [1.82, 2.24) is 14.5 Å². The van der Waals surface area contributed by atoms with Crippen LogP contribution >= 0.6 is 0 Å². The van der Waals surface area contributed by atoms with Crippen LogP contribution in [0.25, 0.3) is 11.2 Å². The average molecular weight is 369 g/mol. The van der Waals surface area contributed by atoms with E-state index in [-0.39, 0.29) is 19.3 Å². The molecule has 4 rings (SSSR count). The van der Waals surface area contributed by atoms with Crippen LogP contribution in [0.2, 0.25) is 0 Å². The van der Waals surface area contributed by atoms with Crippen LogP contribution in [0.1, 0.15) is 37.0 Å². The number of imidazole rings is 1. The van der Waals surface area contributed by atoms with Gasteiger partial charge in [-0.3, -0.25) is 0 Å². The summed E-state index contributed by atoms with van der Waals surface area (Å²) in [4.78, 5) is 11.5. The molecule has 2 aromatic heterocycles. The molecule has 2 N–H and O–H groups in total. The zero-order valence-corrected chi connectivity index (χ0v) is 15.2. The number of pyridine rings is 1. The number of benzene rings is 1. The highest BCUT2D eigenvalue weighted by molar-refractivity contribution is 5.75. The first-order valence-electron chi connectivity index (χ1n) is 9.09. The number of aryl methyl sites for hydroxylation is 2. The van der Waals surface area contributed by atoms with Crippen molar-refractivity contribution >= 4 is 17.1 Å². The fourth-order valence-electron chi connectivity index (χ4n) is 3.67. The maximum atomic E-state index is 13.6. The van der Waals surface area contributed by atoms with E-state index in [0.29, 0.717) is 12.1 Å². The molecule has 1 atom stereocenters. The summed E-state index contributed by atoms with van der Waals surface area (Å²) in [6.07, 6.45) is 3.95. The lowest BCUT2D eigenvalue weighted by Gasteiger charge is -2.32. The lowest BCUT2D eigenvalue weighted by Crippen LogP contribution is -2.44. The van der Waals surface area contributed by atoms with Gasteiger partial charge in [-0.05, 0) is 55.5 Å². The van der Waals surface area contributed by atoms with Gasteiger partial charge in [0.05, 0.1) is 12.1 Å². The van der Waals surface area contributed by atoms with Gasteiger partial charge in [-0.2, -0.15) is 4.98 Å². The molecule has 3 heterocycles. The Balaban J connectivity index is 0.00000210. The fourth-order valence-corrected chi connectivity index (χ4v) is 3.67. The molecule has 1 aromatic carbocycles. The molecule has 6 heteroatoms. The Labute approximate surface area is 160 Å². The molecule has 0 radical (unpaired) electrons. The molecule has 1 aliphatic heterocycles. The molecule has 1 unspecified atom stereocenters. The van der Waals surface area contributed by atoms with Gasteiger partial charge >= 0.3 is 0 Å². The molecule has 0 saturated carbocycles. The Bertz CT molecular complexity index is 949. The van der Waals surface area contributed by atoms with Crippen molar-refractivity contribution in [1.29, 1.82) is 0 Å². The number of hydrogen-bond donors (Lipinski definition) is 1. The maximum absolute atomic E-state index is 13.6. The minimum atomic E-state index is -0.177. The number of rotatable bonds is 3. The number of hydrogen-bond acceptors (Lipinski definition) is 4. The zero-order chi connectivity index (χ0) is 18.3. The highest BCUT2D eigenvalue weighted by Gasteiger charge is 2.23. The van der Waals surface area contributed by atoms with Crippen molar-refractivity contribution in [3.63, 3.8) is 0 Å². The van der Waals surface area contributed by atoms with E-state index in [1.54, 1.807) is 6.92 Å². The summed E-state index contributed by atoms with van der Waals surface area (Å²) in [6.45, 7) is 6.19. The average Bonchev–Trinajstić information content (AvgIpc) is 2.96. The zero-order valence-electron chi connectivity index (χ0n) is 15.2. The minimum absolute atomic E-state index is 0. The van der Waals surface area contributed by atoms with Crippen molar-refractivity contribution in [2.75, 3.05) is 18.0 Å². The lowest BCUT2D eigenvalue weighted by molar-refractivity contribution is 0.495. The predicted octanol–water partition coefficient (Wildman–Crippen LogP) is 3.80. The third-order valence-electron chi connectivity index (χ3n) is 5.03. The van der Waals surface area contributed by atoms with E-state index in [2.05, 4.69) is 20.5 Å². The fraction of sp³-hybridized carbons (Fsp3) is 0.429. The van der Waals surface area contributed by atoms with Crippen LogP contribution in [0, 0.1) is 19.7 Å². The topological polar surface area (TPSA) is 60.0 Å². The van der Waals surface area contributed by atoms with Crippen molar-refractivity contribution in [3.8, 4) is 0 Å². The molecule has 0 bridgehead atoms. The Hall–Kier alpha value is -2.47. The number of anilines is 1. The van der Waals surface area contributed by atoms with Crippen LogP contribution in [0.5, 0.6) is 0 Å². The monoisotopic (exact) mass is 369 g/mol.